The van der Waals surface area contributed by atoms with Crippen LogP contribution in [-0.2, 0) is 10.2 Å². The van der Waals surface area contributed by atoms with Crippen LogP contribution in [0.2, 0.25) is 0 Å². The van der Waals surface area contributed by atoms with Gasteiger partial charge in [0, 0.05) is 36.5 Å². The molecule has 0 aromatic heterocycles. The number of nitriles is 1. The van der Waals surface area contributed by atoms with E-state index in [1.54, 1.807) is 6.07 Å². The van der Waals surface area contributed by atoms with Crippen LogP contribution in [-0.4, -0.2) is 25.0 Å². The van der Waals surface area contributed by atoms with Gasteiger partial charge in [-0.15, -0.1) is 0 Å². The molecular weight excluding hydrogens is 391 g/mol. The molecule has 2 fully saturated rings. The molecule has 2 unspecified atom stereocenters. The van der Waals surface area contributed by atoms with Gasteiger partial charge in [0.1, 0.15) is 23.5 Å². The van der Waals surface area contributed by atoms with Gasteiger partial charge in [0.25, 0.3) is 0 Å². The first-order valence-electron chi connectivity index (χ1n) is 10.0. The molecule has 4 rings (SSSR count). The molecule has 0 bridgehead atoms. The summed E-state index contributed by atoms with van der Waals surface area (Å²) in [5.74, 6) is -1.89. The molecule has 1 aliphatic carbocycles. The minimum Gasteiger partial charge on any atom is -0.370 e. The Kier molecular flexibility index (Phi) is 5.19. The molecule has 156 valence electrons. The molecule has 1 aliphatic heterocycles. The third-order valence-corrected chi connectivity index (χ3v) is 6.39. The van der Waals surface area contributed by atoms with E-state index in [-0.39, 0.29) is 23.4 Å². The summed E-state index contributed by atoms with van der Waals surface area (Å²) in [6, 6.07) is 9.55. The number of hydrogen-bond donors (Lipinski definition) is 1. The normalized spacial score (nSPS) is 23.7. The Morgan fingerprint density at radius 3 is 2.47 bits per heavy atom. The molecule has 2 aliphatic rings. The van der Waals surface area contributed by atoms with Crippen LogP contribution in [0.5, 0.6) is 0 Å². The summed E-state index contributed by atoms with van der Waals surface area (Å²) < 4.78 is 40.7. The maximum atomic E-state index is 14.1. The molecule has 2 aromatic rings. The second-order valence-corrected chi connectivity index (χ2v) is 8.34. The molecule has 2 atom stereocenters. The van der Waals surface area contributed by atoms with Gasteiger partial charge in [-0.1, -0.05) is 13.0 Å². The van der Waals surface area contributed by atoms with E-state index in [1.807, 2.05) is 17.9 Å². The fourth-order valence-corrected chi connectivity index (χ4v) is 4.37. The largest absolute Gasteiger partial charge is 0.370 e. The van der Waals surface area contributed by atoms with Gasteiger partial charge in [-0.3, -0.25) is 4.79 Å². The molecule has 1 N–H and O–H groups in total. The third-order valence-electron chi connectivity index (χ3n) is 6.39. The maximum absolute atomic E-state index is 14.1. The molecular formula is C23H22F3N3O. The van der Waals surface area contributed by atoms with Gasteiger partial charge >= 0.3 is 0 Å². The van der Waals surface area contributed by atoms with Crippen molar-refractivity contribution in [1.82, 2.24) is 5.32 Å². The SMILES string of the molecule is CC1(c2ccc(F)cc2F)CC1NC(=O)C1CCN(c2ccc(F)cc2C#N)CC1. The topological polar surface area (TPSA) is 56.1 Å². The molecule has 4 nitrogen and oxygen atoms in total. The van der Waals surface area contributed by atoms with Crippen molar-refractivity contribution in [2.24, 2.45) is 5.92 Å². The average molecular weight is 413 g/mol. The number of hydrogen-bond acceptors (Lipinski definition) is 3. The lowest BCUT2D eigenvalue weighted by atomic mass is 9.94. The lowest BCUT2D eigenvalue weighted by Gasteiger charge is -2.33. The van der Waals surface area contributed by atoms with Gasteiger partial charge in [0.15, 0.2) is 0 Å². The zero-order valence-electron chi connectivity index (χ0n) is 16.6. The minimum absolute atomic E-state index is 0.0643. The Hall–Kier alpha value is -3.01. The van der Waals surface area contributed by atoms with Crippen LogP contribution in [0.1, 0.15) is 37.3 Å². The monoisotopic (exact) mass is 413 g/mol. The van der Waals surface area contributed by atoms with E-state index in [0.29, 0.717) is 43.6 Å². The van der Waals surface area contributed by atoms with Gasteiger partial charge < -0.3 is 10.2 Å². The predicted molar refractivity (Wildman–Crippen MR) is 106 cm³/mol. The van der Waals surface area contributed by atoms with Crippen LogP contribution in [0, 0.1) is 34.7 Å². The van der Waals surface area contributed by atoms with Gasteiger partial charge in [0.05, 0.1) is 11.3 Å². The zero-order chi connectivity index (χ0) is 21.5. The first-order chi connectivity index (χ1) is 14.3. The molecule has 1 heterocycles. The maximum Gasteiger partial charge on any atom is 0.223 e. The molecule has 30 heavy (non-hydrogen) atoms. The molecule has 1 amide bonds. The number of amides is 1. The summed E-state index contributed by atoms with van der Waals surface area (Å²) in [5, 5.41) is 12.3. The van der Waals surface area contributed by atoms with Crippen molar-refractivity contribution in [3.63, 3.8) is 0 Å². The fourth-order valence-electron chi connectivity index (χ4n) is 4.37. The number of carbonyl (C=O) groups is 1. The molecule has 1 saturated carbocycles. The Morgan fingerprint density at radius 2 is 1.80 bits per heavy atom. The quantitative estimate of drug-likeness (QED) is 0.823. The molecule has 0 spiro atoms. The van der Waals surface area contributed by atoms with E-state index in [4.69, 9.17) is 0 Å². The van der Waals surface area contributed by atoms with Gasteiger partial charge in [-0.05, 0) is 49.1 Å². The van der Waals surface area contributed by atoms with Crippen LogP contribution in [0.25, 0.3) is 0 Å². The highest BCUT2D eigenvalue weighted by Gasteiger charge is 2.53. The summed E-state index contributed by atoms with van der Waals surface area (Å²) in [6.07, 6.45) is 1.84. The van der Waals surface area contributed by atoms with Crippen LogP contribution in [0.3, 0.4) is 0 Å². The second-order valence-electron chi connectivity index (χ2n) is 8.34. The summed E-state index contributed by atoms with van der Waals surface area (Å²) in [6.45, 7) is 3.05. The van der Waals surface area contributed by atoms with Crippen LogP contribution >= 0.6 is 0 Å². The smallest absolute Gasteiger partial charge is 0.223 e. The van der Waals surface area contributed by atoms with Crippen molar-refractivity contribution in [3.8, 4) is 6.07 Å². The number of piperidine rings is 1. The van der Waals surface area contributed by atoms with Crippen molar-refractivity contribution >= 4 is 11.6 Å². The minimum atomic E-state index is -0.617. The summed E-state index contributed by atoms with van der Waals surface area (Å²) >= 11 is 0. The standard InChI is InChI=1S/C23H22F3N3O/c1-23(18-4-2-17(25)11-19(18)26)12-21(23)28-22(30)14-6-8-29(9-7-14)20-5-3-16(24)10-15(20)13-27/h2-5,10-11,14,21H,6-9,12H2,1H3,(H,28,30). The Bertz CT molecular complexity index is 1030. The number of nitrogens with zero attached hydrogens (tertiary/aromatic N) is 2. The van der Waals surface area contributed by atoms with Gasteiger partial charge in [0.2, 0.25) is 5.91 Å². The molecule has 2 aromatic carbocycles. The van der Waals surface area contributed by atoms with E-state index in [2.05, 4.69) is 5.32 Å². The van der Waals surface area contributed by atoms with Crippen LogP contribution in [0.15, 0.2) is 36.4 Å². The zero-order valence-corrected chi connectivity index (χ0v) is 16.6. The number of benzene rings is 2. The van der Waals surface area contributed by atoms with Crippen molar-refractivity contribution in [3.05, 3.63) is 65.0 Å². The number of nitrogens with one attached hydrogen (secondary N) is 1. The molecule has 7 heteroatoms. The lowest BCUT2D eigenvalue weighted by Crippen LogP contribution is -2.42. The Labute approximate surface area is 173 Å². The van der Waals surface area contributed by atoms with Crippen molar-refractivity contribution in [2.75, 3.05) is 18.0 Å². The van der Waals surface area contributed by atoms with Crippen LogP contribution in [0.4, 0.5) is 18.9 Å². The Morgan fingerprint density at radius 1 is 1.13 bits per heavy atom. The highest BCUT2D eigenvalue weighted by atomic mass is 19.1. The average Bonchev–Trinajstić information content (AvgIpc) is 3.37. The Balaban J connectivity index is 1.35. The van der Waals surface area contributed by atoms with Crippen LogP contribution < -0.4 is 10.2 Å². The second kappa shape index (κ2) is 7.67. The van der Waals surface area contributed by atoms with E-state index in [9.17, 15) is 23.2 Å². The molecule has 0 radical (unpaired) electrons. The number of carbonyl (C=O) groups excluding carboxylic acids is 1. The van der Waals surface area contributed by atoms with Gasteiger partial charge in [-0.2, -0.15) is 5.26 Å². The number of halogens is 3. The van der Waals surface area contributed by atoms with E-state index in [1.165, 1.54) is 24.3 Å². The number of anilines is 1. The van der Waals surface area contributed by atoms with Crippen molar-refractivity contribution in [2.45, 2.75) is 37.6 Å². The lowest BCUT2D eigenvalue weighted by molar-refractivity contribution is -0.125. The van der Waals surface area contributed by atoms with Crippen molar-refractivity contribution < 1.29 is 18.0 Å². The van der Waals surface area contributed by atoms with Crippen molar-refractivity contribution in [1.29, 1.82) is 5.26 Å². The predicted octanol–water partition coefficient (Wildman–Crippen LogP) is 4.04. The van der Waals surface area contributed by atoms with E-state index in [0.717, 1.165) is 6.07 Å². The highest BCUT2D eigenvalue weighted by Crippen LogP contribution is 2.49. The number of rotatable bonds is 4. The summed E-state index contributed by atoms with van der Waals surface area (Å²) in [7, 11) is 0. The molecule has 1 saturated heterocycles. The first-order valence-corrected chi connectivity index (χ1v) is 10.0. The fraction of sp³-hybridized carbons (Fsp3) is 0.391. The summed E-state index contributed by atoms with van der Waals surface area (Å²) in [4.78, 5) is 14.7. The highest BCUT2D eigenvalue weighted by molar-refractivity contribution is 5.80. The van der Waals surface area contributed by atoms with E-state index >= 15 is 0 Å². The van der Waals surface area contributed by atoms with E-state index < -0.39 is 22.9 Å². The first kappa shape index (κ1) is 20.3. The third kappa shape index (κ3) is 3.74. The summed E-state index contributed by atoms with van der Waals surface area (Å²) in [5.41, 5.74) is 0.862. The van der Waals surface area contributed by atoms with Gasteiger partial charge in [-0.25, -0.2) is 13.2 Å².